The lowest BCUT2D eigenvalue weighted by Gasteiger charge is -2.40. The number of nitrogens with one attached hydrogen (secondary N) is 1. The summed E-state index contributed by atoms with van der Waals surface area (Å²) >= 11 is 0. The van der Waals surface area contributed by atoms with Crippen LogP contribution < -0.4 is 19.7 Å². The number of carbonyl (C=O) groups excluding carboxylic acids is 3. The molecule has 2 aromatic carbocycles. The maximum atomic E-state index is 13.5. The summed E-state index contributed by atoms with van der Waals surface area (Å²) in [5.41, 5.74) is 1.52. The Bertz CT molecular complexity index is 1420. The van der Waals surface area contributed by atoms with Gasteiger partial charge < -0.3 is 29.2 Å². The molecule has 2 amide bonds. The minimum atomic E-state index is -0.968. The van der Waals surface area contributed by atoms with Crippen LogP contribution in [0, 0.1) is 11.2 Å². The van der Waals surface area contributed by atoms with Crippen molar-refractivity contribution in [3.63, 3.8) is 0 Å². The average molecular weight is 553 g/mol. The van der Waals surface area contributed by atoms with Crippen LogP contribution in [0.25, 0.3) is 0 Å². The molecular weight excluding hydrogens is 523 g/mol. The van der Waals surface area contributed by atoms with Crippen LogP contribution in [0.5, 0.6) is 11.5 Å². The summed E-state index contributed by atoms with van der Waals surface area (Å²) < 4.78 is 36.9. The molecule has 1 atom stereocenters. The van der Waals surface area contributed by atoms with E-state index in [1.807, 2.05) is 0 Å². The standard InChI is InChI=1S/C28H29FN4O7/c1-18(34)39-16-28(14-37-15-28)17-40-22-6-7-25-24(10-22)32(2)26(35)23(13-38-25)31-27(36)33-12-20(11-30-33)8-19-4-3-5-21(29)9-19/h3-7,9-12,23H,8,13-17H2,1-2H3,(H,31,36)/t23-/m0/s1. The summed E-state index contributed by atoms with van der Waals surface area (Å²) in [5, 5.41) is 6.76. The SMILES string of the molecule is CC(=O)OCC1(COc2ccc3c(c2)N(C)C(=O)[C@@H](NC(=O)n2cc(Cc4cccc(F)c4)cn2)CO3)COC1. The number of amides is 2. The monoisotopic (exact) mass is 552 g/mol. The van der Waals surface area contributed by atoms with Crippen molar-refractivity contribution in [3.8, 4) is 11.5 Å². The second-order valence-electron chi connectivity index (χ2n) is 10.0. The van der Waals surface area contributed by atoms with E-state index in [1.165, 1.54) is 36.4 Å². The molecule has 5 rings (SSSR count). The number of fused-ring (bicyclic) bond motifs is 1. The molecule has 0 radical (unpaired) electrons. The zero-order valence-corrected chi connectivity index (χ0v) is 22.1. The van der Waals surface area contributed by atoms with E-state index in [0.29, 0.717) is 42.4 Å². The van der Waals surface area contributed by atoms with Crippen molar-refractivity contribution in [2.75, 3.05) is 45.0 Å². The van der Waals surface area contributed by atoms with E-state index in [1.54, 1.807) is 37.4 Å². The molecule has 0 unspecified atom stereocenters. The quantitative estimate of drug-likeness (QED) is 0.424. The number of benzene rings is 2. The van der Waals surface area contributed by atoms with Crippen molar-refractivity contribution >= 4 is 23.6 Å². The number of hydrogen-bond donors (Lipinski definition) is 1. The first kappa shape index (κ1) is 27.1. The van der Waals surface area contributed by atoms with E-state index in [2.05, 4.69) is 10.4 Å². The third-order valence-corrected chi connectivity index (χ3v) is 6.71. The number of anilines is 1. The lowest BCUT2D eigenvalue weighted by atomic mass is 9.88. The normalized spacial score (nSPS) is 17.6. The van der Waals surface area contributed by atoms with Crippen molar-refractivity contribution in [2.24, 2.45) is 5.41 Å². The number of esters is 1. The largest absolute Gasteiger partial charge is 0.493 e. The van der Waals surface area contributed by atoms with E-state index in [-0.39, 0.29) is 37.5 Å². The van der Waals surface area contributed by atoms with Gasteiger partial charge in [-0.3, -0.25) is 9.59 Å². The van der Waals surface area contributed by atoms with Gasteiger partial charge in [-0.1, -0.05) is 12.1 Å². The minimum Gasteiger partial charge on any atom is -0.493 e. The molecular formula is C28H29FN4O7. The van der Waals surface area contributed by atoms with Gasteiger partial charge in [0, 0.05) is 32.7 Å². The van der Waals surface area contributed by atoms with E-state index in [9.17, 15) is 18.8 Å². The fraction of sp³-hybridized carbons (Fsp3) is 0.357. The Morgan fingerprint density at radius 3 is 2.73 bits per heavy atom. The Hall–Kier alpha value is -4.45. The van der Waals surface area contributed by atoms with Crippen LogP contribution in [0.4, 0.5) is 14.9 Å². The van der Waals surface area contributed by atoms with E-state index >= 15 is 0 Å². The molecule has 12 heteroatoms. The van der Waals surface area contributed by atoms with Crippen LogP contribution in [0.1, 0.15) is 18.1 Å². The number of halogens is 1. The Morgan fingerprint density at radius 1 is 1.18 bits per heavy atom. The fourth-order valence-corrected chi connectivity index (χ4v) is 4.42. The van der Waals surface area contributed by atoms with Gasteiger partial charge in [0.1, 0.15) is 43.2 Å². The topological polar surface area (TPSA) is 121 Å². The van der Waals surface area contributed by atoms with Gasteiger partial charge in [-0.25, -0.2) is 9.18 Å². The Kier molecular flexibility index (Phi) is 7.69. The van der Waals surface area contributed by atoms with Crippen molar-refractivity contribution in [1.82, 2.24) is 15.1 Å². The smallest absolute Gasteiger partial charge is 0.342 e. The first-order valence-corrected chi connectivity index (χ1v) is 12.7. The van der Waals surface area contributed by atoms with Crippen molar-refractivity contribution < 1.29 is 37.7 Å². The van der Waals surface area contributed by atoms with Gasteiger partial charge in [0.2, 0.25) is 0 Å². The van der Waals surface area contributed by atoms with Crippen LogP contribution in [0.2, 0.25) is 0 Å². The van der Waals surface area contributed by atoms with Crippen molar-refractivity contribution in [3.05, 3.63) is 71.8 Å². The van der Waals surface area contributed by atoms with E-state index in [0.717, 1.165) is 10.2 Å². The molecule has 1 saturated heterocycles. The van der Waals surface area contributed by atoms with Gasteiger partial charge in [0.15, 0.2) is 0 Å². The lowest BCUT2D eigenvalue weighted by Crippen LogP contribution is -2.51. The summed E-state index contributed by atoms with van der Waals surface area (Å²) in [6.07, 6.45) is 3.45. The van der Waals surface area contributed by atoms with E-state index < -0.39 is 17.5 Å². The first-order valence-electron chi connectivity index (χ1n) is 12.7. The molecule has 40 heavy (non-hydrogen) atoms. The average Bonchev–Trinajstić information content (AvgIpc) is 3.34. The van der Waals surface area contributed by atoms with Gasteiger partial charge in [-0.15, -0.1) is 0 Å². The summed E-state index contributed by atoms with van der Waals surface area (Å²) in [7, 11) is 1.59. The summed E-state index contributed by atoms with van der Waals surface area (Å²) in [5.74, 6) is -0.129. The van der Waals surface area contributed by atoms with Gasteiger partial charge in [-0.2, -0.15) is 9.78 Å². The van der Waals surface area contributed by atoms with Crippen LogP contribution in [0.15, 0.2) is 54.9 Å². The summed E-state index contributed by atoms with van der Waals surface area (Å²) in [6, 6.07) is 9.72. The first-order chi connectivity index (χ1) is 19.2. The molecule has 2 aliphatic rings. The number of carbonyl (C=O) groups is 3. The zero-order chi connectivity index (χ0) is 28.3. The van der Waals surface area contributed by atoms with Crippen LogP contribution in [-0.4, -0.2) is 73.8 Å². The van der Waals surface area contributed by atoms with Gasteiger partial charge in [0.05, 0.1) is 30.5 Å². The molecule has 3 heterocycles. The third kappa shape index (κ3) is 6.07. The predicted octanol–water partition coefficient (Wildman–Crippen LogP) is 2.55. The molecule has 1 aromatic heterocycles. The molecule has 0 saturated carbocycles. The lowest BCUT2D eigenvalue weighted by molar-refractivity contribution is -0.175. The number of hydrogen-bond acceptors (Lipinski definition) is 8. The third-order valence-electron chi connectivity index (χ3n) is 6.71. The van der Waals surface area contributed by atoms with Crippen molar-refractivity contribution in [2.45, 2.75) is 19.4 Å². The van der Waals surface area contributed by atoms with Crippen LogP contribution in [0.3, 0.4) is 0 Å². The highest BCUT2D eigenvalue weighted by molar-refractivity contribution is 6.00. The fourth-order valence-electron chi connectivity index (χ4n) is 4.42. The summed E-state index contributed by atoms with van der Waals surface area (Å²) in [4.78, 5) is 38.7. The highest BCUT2D eigenvalue weighted by Gasteiger charge is 2.41. The maximum absolute atomic E-state index is 13.5. The molecule has 210 valence electrons. The Labute approximate surface area is 229 Å². The van der Waals surface area contributed by atoms with Crippen LogP contribution in [-0.2, 0) is 25.5 Å². The maximum Gasteiger partial charge on any atom is 0.342 e. The molecule has 2 aliphatic heterocycles. The Balaban J connectivity index is 1.21. The Morgan fingerprint density at radius 2 is 2.00 bits per heavy atom. The van der Waals surface area contributed by atoms with Gasteiger partial charge in [-0.05, 0) is 35.4 Å². The highest BCUT2D eigenvalue weighted by Crippen LogP contribution is 2.36. The second kappa shape index (κ2) is 11.3. The van der Waals surface area contributed by atoms with Crippen LogP contribution >= 0.6 is 0 Å². The minimum absolute atomic E-state index is 0.0810. The molecule has 1 N–H and O–H groups in total. The summed E-state index contributed by atoms with van der Waals surface area (Å²) in [6.45, 7) is 2.56. The zero-order valence-electron chi connectivity index (χ0n) is 22.1. The second-order valence-corrected chi connectivity index (χ2v) is 10.0. The highest BCUT2D eigenvalue weighted by atomic mass is 19.1. The molecule has 11 nitrogen and oxygen atoms in total. The molecule has 3 aromatic rings. The number of rotatable bonds is 8. The molecule has 0 aliphatic carbocycles. The number of likely N-dealkylation sites (N-methyl/N-ethyl adjacent to an activating group) is 1. The predicted molar refractivity (Wildman–Crippen MR) is 140 cm³/mol. The molecule has 1 fully saturated rings. The number of aromatic nitrogens is 2. The molecule has 0 spiro atoms. The molecule has 0 bridgehead atoms. The van der Waals surface area contributed by atoms with E-state index in [4.69, 9.17) is 18.9 Å². The van der Waals surface area contributed by atoms with Crippen molar-refractivity contribution in [1.29, 1.82) is 0 Å². The van der Waals surface area contributed by atoms with Gasteiger partial charge in [0.25, 0.3) is 5.91 Å². The number of ether oxygens (including phenoxy) is 4. The van der Waals surface area contributed by atoms with Gasteiger partial charge >= 0.3 is 12.0 Å². The number of nitrogens with zero attached hydrogens (tertiary/aromatic N) is 3.